The van der Waals surface area contributed by atoms with Gasteiger partial charge in [0.05, 0.1) is 24.0 Å². The van der Waals surface area contributed by atoms with Crippen LogP contribution < -0.4 is 20.7 Å². The molecule has 0 aliphatic rings. The van der Waals surface area contributed by atoms with Crippen LogP contribution in [0.25, 0.3) is 0 Å². The molecule has 28 heavy (non-hydrogen) atoms. The smallest absolute Gasteiger partial charge is 0.323 e. The number of hydrogen-bond acceptors (Lipinski definition) is 3. The molecule has 6 nitrogen and oxygen atoms in total. The molecule has 3 aromatic rings. The van der Waals surface area contributed by atoms with Crippen LogP contribution >= 0.6 is 0 Å². The second kappa shape index (κ2) is 9.23. The maximum atomic E-state index is 12.6. The van der Waals surface area contributed by atoms with E-state index in [1.54, 1.807) is 42.5 Å². The lowest BCUT2D eigenvalue weighted by Gasteiger charge is -2.13. The number of hydrogen-bond donors (Lipinski definition) is 3. The quantitative estimate of drug-likeness (QED) is 0.602. The fraction of sp³-hybridized carbons (Fsp3) is 0.0909. The summed E-state index contributed by atoms with van der Waals surface area (Å²) in [7, 11) is 1.53. The van der Waals surface area contributed by atoms with Crippen LogP contribution in [0.3, 0.4) is 0 Å². The number of benzene rings is 3. The number of carbonyl (C=O) groups is 2. The van der Waals surface area contributed by atoms with E-state index < -0.39 is 6.03 Å². The van der Waals surface area contributed by atoms with Gasteiger partial charge in [0.2, 0.25) is 0 Å². The Morgan fingerprint density at radius 2 is 1.39 bits per heavy atom. The Morgan fingerprint density at radius 3 is 2.14 bits per heavy atom. The summed E-state index contributed by atoms with van der Waals surface area (Å²) in [5.41, 5.74) is 2.33. The predicted molar refractivity (Wildman–Crippen MR) is 110 cm³/mol. The number of para-hydroxylation sites is 3. The van der Waals surface area contributed by atoms with E-state index in [2.05, 4.69) is 16.0 Å². The molecular weight excluding hydrogens is 354 g/mol. The first kappa shape index (κ1) is 19.0. The molecule has 6 heteroatoms. The number of anilines is 2. The minimum absolute atomic E-state index is 0.267. The fourth-order valence-corrected chi connectivity index (χ4v) is 2.69. The SMILES string of the molecule is COc1ccccc1NC(=O)Nc1ccccc1C(=O)NCc1ccccc1. The number of amides is 3. The number of urea groups is 1. The van der Waals surface area contributed by atoms with E-state index in [0.717, 1.165) is 5.56 Å². The molecule has 3 aromatic carbocycles. The number of ether oxygens (including phenoxy) is 1. The molecule has 0 aliphatic heterocycles. The first-order chi connectivity index (χ1) is 13.7. The second-order valence-corrected chi connectivity index (χ2v) is 5.99. The summed E-state index contributed by atoms with van der Waals surface area (Å²) in [6.45, 7) is 0.404. The molecule has 0 spiro atoms. The van der Waals surface area contributed by atoms with Crippen molar-refractivity contribution in [1.29, 1.82) is 0 Å². The Kier molecular flexibility index (Phi) is 6.25. The molecule has 0 atom stereocenters. The first-order valence-electron chi connectivity index (χ1n) is 8.79. The highest BCUT2D eigenvalue weighted by atomic mass is 16.5. The van der Waals surface area contributed by atoms with Crippen molar-refractivity contribution in [2.75, 3.05) is 17.7 Å². The van der Waals surface area contributed by atoms with Crippen molar-refractivity contribution in [3.8, 4) is 5.75 Å². The minimum Gasteiger partial charge on any atom is -0.495 e. The highest BCUT2D eigenvalue weighted by molar-refractivity contribution is 6.06. The van der Waals surface area contributed by atoms with Crippen molar-refractivity contribution in [2.24, 2.45) is 0 Å². The van der Waals surface area contributed by atoms with Gasteiger partial charge in [-0.2, -0.15) is 0 Å². The van der Waals surface area contributed by atoms with Crippen LogP contribution in [0.2, 0.25) is 0 Å². The average Bonchev–Trinajstić information content (AvgIpc) is 2.73. The Morgan fingerprint density at radius 1 is 0.786 bits per heavy atom. The lowest BCUT2D eigenvalue weighted by molar-refractivity contribution is 0.0952. The van der Waals surface area contributed by atoms with Gasteiger partial charge in [-0.05, 0) is 29.8 Å². The van der Waals surface area contributed by atoms with E-state index >= 15 is 0 Å². The molecule has 3 amide bonds. The average molecular weight is 375 g/mol. The maximum absolute atomic E-state index is 12.6. The summed E-state index contributed by atoms with van der Waals surface area (Å²) in [6, 6.07) is 23.1. The van der Waals surface area contributed by atoms with E-state index in [1.165, 1.54) is 7.11 Å². The molecule has 142 valence electrons. The van der Waals surface area contributed by atoms with Gasteiger partial charge >= 0.3 is 6.03 Å². The van der Waals surface area contributed by atoms with Crippen LogP contribution in [0.5, 0.6) is 5.75 Å². The van der Waals surface area contributed by atoms with Crippen LogP contribution in [0.1, 0.15) is 15.9 Å². The number of carbonyl (C=O) groups excluding carboxylic acids is 2. The van der Waals surface area contributed by atoms with Crippen molar-refractivity contribution >= 4 is 23.3 Å². The zero-order valence-electron chi connectivity index (χ0n) is 15.4. The first-order valence-corrected chi connectivity index (χ1v) is 8.79. The van der Waals surface area contributed by atoms with Crippen molar-refractivity contribution < 1.29 is 14.3 Å². The van der Waals surface area contributed by atoms with Gasteiger partial charge in [-0.3, -0.25) is 4.79 Å². The second-order valence-electron chi connectivity index (χ2n) is 5.99. The maximum Gasteiger partial charge on any atom is 0.323 e. The van der Waals surface area contributed by atoms with E-state index in [0.29, 0.717) is 29.2 Å². The third-order valence-corrected chi connectivity index (χ3v) is 4.07. The highest BCUT2D eigenvalue weighted by Gasteiger charge is 2.14. The summed E-state index contributed by atoms with van der Waals surface area (Å²) in [4.78, 5) is 25.0. The largest absolute Gasteiger partial charge is 0.495 e. The number of rotatable bonds is 6. The highest BCUT2D eigenvalue weighted by Crippen LogP contribution is 2.23. The Hall–Kier alpha value is -3.80. The van der Waals surface area contributed by atoms with Gasteiger partial charge in [-0.1, -0.05) is 54.6 Å². The summed E-state index contributed by atoms with van der Waals surface area (Å²) in [6.07, 6.45) is 0. The molecule has 0 bridgehead atoms. The molecule has 0 aromatic heterocycles. The molecule has 0 radical (unpaired) electrons. The Labute approximate surface area is 163 Å². The Balaban J connectivity index is 1.67. The summed E-state index contributed by atoms with van der Waals surface area (Å²) in [5, 5.41) is 8.32. The third kappa shape index (κ3) is 4.88. The molecule has 3 rings (SSSR count). The number of nitrogens with one attached hydrogen (secondary N) is 3. The monoisotopic (exact) mass is 375 g/mol. The molecule has 3 N–H and O–H groups in total. The van der Waals surface area contributed by atoms with Gasteiger partial charge in [-0.25, -0.2) is 4.79 Å². The topological polar surface area (TPSA) is 79.5 Å². The van der Waals surface area contributed by atoms with Crippen molar-refractivity contribution in [1.82, 2.24) is 5.32 Å². The third-order valence-electron chi connectivity index (χ3n) is 4.07. The van der Waals surface area contributed by atoms with E-state index in [9.17, 15) is 9.59 Å². The zero-order valence-corrected chi connectivity index (χ0v) is 15.4. The summed E-state index contributed by atoms with van der Waals surface area (Å²) < 4.78 is 5.23. The molecule has 0 fully saturated rings. The van der Waals surface area contributed by atoms with Gasteiger partial charge in [-0.15, -0.1) is 0 Å². The predicted octanol–water partition coefficient (Wildman–Crippen LogP) is 4.27. The fourth-order valence-electron chi connectivity index (χ4n) is 2.69. The van der Waals surface area contributed by atoms with Crippen LogP contribution in [-0.2, 0) is 6.54 Å². The lowest BCUT2D eigenvalue weighted by Crippen LogP contribution is -2.26. The van der Waals surface area contributed by atoms with Gasteiger partial charge in [0, 0.05) is 6.54 Å². The summed E-state index contributed by atoms with van der Waals surface area (Å²) in [5.74, 6) is 0.281. The number of methoxy groups -OCH3 is 1. The lowest BCUT2D eigenvalue weighted by atomic mass is 10.1. The van der Waals surface area contributed by atoms with E-state index in [-0.39, 0.29) is 5.91 Å². The van der Waals surface area contributed by atoms with Crippen molar-refractivity contribution in [3.05, 3.63) is 90.0 Å². The normalized spacial score (nSPS) is 10.0. The van der Waals surface area contributed by atoms with Gasteiger partial charge < -0.3 is 20.7 Å². The molecule has 0 saturated carbocycles. The molecular formula is C22H21N3O3. The van der Waals surface area contributed by atoms with E-state index in [1.807, 2.05) is 36.4 Å². The minimum atomic E-state index is -0.465. The van der Waals surface area contributed by atoms with Crippen LogP contribution in [-0.4, -0.2) is 19.0 Å². The molecule has 0 aliphatic carbocycles. The summed E-state index contributed by atoms with van der Waals surface area (Å²) >= 11 is 0. The van der Waals surface area contributed by atoms with E-state index in [4.69, 9.17) is 4.74 Å². The molecule has 0 unspecified atom stereocenters. The van der Waals surface area contributed by atoms with Crippen LogP contribution in [0.15, 0.2) is 78.9 Å². The van der Waals surface area contributed by atoms with Crippen LogP contribution in [0, 0.1) is 0 Å². The zero-order chi connectivity index (χ0) is 19.8. The standard InChI is InChI=1S/C22H21N3O3/c1-28-20-14-8-7-13-19(20)25-22(27)24-18-12-6-5-11-17(18)21(26)23-15-16-9-3-2-4-10-16/h2-14H,15H2,1H3,(H,23,26)(H2,24,25,27). The van der Waals surface area contributed by atoms with Crippen molar-refractivity contribution in [3.63, 3.8) is 0 Å². The van der Waals surface area contributed by atoms with Crippen LogP contribution in [0.4, 0.5) is 16.2 Å². The molecule has 0 heterocycles. The van der Waals surface area contributed by atoms with Gasteiger partial charge in [0.15, 0.2) is 0 Å². The Bertz CT molecular complexity index is 958. The van der Waals surface area contributed by atoms with Gasteiger partial charge in [0.1, 0.15) is 5.75 Å². The van der Waals surface area contributed by atoms with Gasteiger partial charge in [0.25, 0.3) is 5.91 Å². The van der Waals surface area contributed by atoms with Crippen molar-refractivity contribution in [2.45, 2.75) is 6.54 Å². The molecule has 0 saturated heterocycles.